The van der Waals surface area contributed by atoms with Gasteiger partial charge in [0, 0.05) is 37.7 Å². The van der Waals surface area contributed by atoms with E-state index < -0.39 is 0 Å². The van der Waals surface area contributed by atoms with E-state index in [9.17, 15) is 14.4 Å². The van der Waals surface area contributed by atoms with Crippen molar-refractivity contribution in [1.82, 2.24) is 24.7 Å². The maximum Gasteiger partial charge on any atom is 0.267 e. The van der Waals surface area contributed by atoms with Crippen molar-refractivity contribution in [3.05, 3.63) is 77.2 Å². The summed E-state index contributed by atoms with van der Waals surface area (Å²) in [4.78, 5) is 36.0. The minimum Gasteiger partial charge on any atom is -0.359 e. The quantitative estimate of drug-likeness (QED) is 0.500. The van der Waals surface area contributed by atoms with Crippen LogP contribution in [0.25, 0.3) is 28.0 Å². The van der Waals surface area contributed by atoms with E-state index in [2.05, 4.69) is 10.4 Å². The molecule has 0 spiro atoms. The lowest BCUT2D eigenvalue weighted by Crippen LogP contribution is -2.27. The van der Waals surface area contributed by atoms with Crippen LogP contribution in [0.3, 0.4) is 0 Å². The predicted molar refractivity (Wildman–Crippen MR) is 116 cm³/mol. The number of amides is 1. The zero-order valence-electron chi connectivity index (χ0n) is 17.0. The van der Waals surface area contributed by atoms with Crippen LogP contribution < -0.4 is 10.9 Å². The van der Waals surface area contributed by atoms with Crippen molar-refractivity contribution < 1.29 is 9.59 Å². The lowest BCUT2D eigenvalue weighted by atomic mass is 10.0. The second-order valence-corrected chi connectivity index (χ2v) is 7.05. The third kappa shape index (κ3) is 4.28. The van der Waals surface area contributed by atoms with Gasteiger partial charge in [-0.3, -0.25) is 14.4 Å². The maximum atomic E-state index is 12.3. The van der Waals surface area contributed by atoms with Crippen LogP contribution >= 0.6 is 0 Å². The largest absolute Gasteiger partial charge is 0.359 e. The summed E-state index contributed by atoms with van der Waals surface area (Å²) >= 11 is 0. The molecule has 0 aliphatic carbocycles. The molecule has 0 atom stereocenters. The summed E-state index contributed by atoms with van der Waals surface area (Å²) in [6.07, 6.45) is 1.98. The second kappa shape index (κ2) is 8.74. The highest BCUT2D eigenvalue weighted by atomic mass is 16.2. The van der Waals surface area contributed by atoms with Crippen molar-refractivity contribution in [3.63, 3.8) is 0 Å². The Morgan fingerprint density at radius 1 is 0.935 bits per heavy atom. The van der Waals surface area contributed by atoms with Gasteiger partial charge in [0.25, 0.3) is 5.56 Å². The van der Waals surface area contributed by atoms with Crippen molar-refractivity contribution in [2.45, 2.75) is 19.4 Å². The standard InChI is InChI=1S/C23H21N5O3/c1-24-20(30)12-10-17(29)15-28-21(31)13-11-18(25-28)22-19-9-5-6-14-27(19)26-23(22)16-7-3-2-4-8-16/h2-9,11,13-14H,10,12,15H2,1H3,(H,24,30). The van der Waals surface area contributed by atoms with Crippen molar-refractivity contribution in [3.8, 4) is 22.5 Å². The van der Waals surface area contributed by atoms with E-state index >= 15 is 0 Å². The molecule has 8 nitrogen and oxygen atoms in total. The Hall–Kier alpha value is -4.07. The van der Waals surface area contributed by atoms with Gasteiger partial charge in [0.15, 0.2) is 5.78 Å². The average Bonchev–Trinajstić information content (AvgIpc) is 3.19. The van der Waals surface area contributed by atoms with E-state index in [4.69, 9.17) is 5.10 Å². The number of carbonyl (C=O) groups excluding carboxylic acids is 2. The average molecular weight is 415 g/mol. The molecule has 156 valence electrons. The van der Waals surface area contributed by atoms with Gasteiger partial charge in [-0.1, -0.05) is 36.4 Å². The van der Waals surface area contributed by atoms with Crippen LogP contribution in [-0.4, -0.2) is 38.1 Å². The Labute approximate surface area is 178 Å². The molecule has 3 heterocycles. The molecule has 1 aromatic carbocycles. The monoisotopic (exact) mass is 415 g/mol. The summed E-state index contributed by atoms with van der Waals surface area (Å²) in [6.45, 7) is -0.191. The van der Waals surface area contributed by atoms with Crippen LogP contribution in [-0.2, 0) is 16.1 Å². The van der Waals surface area contributed by atoms with E-state index in [0.29, 0.717) is 5.69 Å². The minimum absolute atomic E-state index is 0.0456. The Bertz CT molecular complexity index is 1310. The van der Waals surface area contributed by atoms with E-state index in [1.807, 2.05) is 54.7 Å². The van der Waals surface area contributed by atoms with Crippen molar-refractivity contribution in [2.75, 3.05) is 7.05 Å². The number of fused-ring (bicyclic) bond motifs is 1. The number of Topliss-reactive ketones (excluding diaryl/α,β-unsaturated/α-hetero) is 1. The molecule has 0 fully saturated rings. The Morgan fingerprint density at radius 3 is 2.48 bits per heavy atom. The van der Waals surface area contributed by atoms with Crippen molar-refractivity contribution in [1.29, 1.82) is 0 Å². The highest BCUT2D eigenvalue weighted by molar-refractivity contribution is 5.90. The van der Waals surface area contributed by atoms with Gasteiger partial charge < -0.3 is 5.32 Å². The third-order valence-corrected chi connectivity index (χ3v) is 4.95. The number of hydrogen-bond donors (Lipinski definition) is 1. The molecule has 0 radical (unpaired) electrons. The van der Waals surface area contributed by atoms with Gasteiger partial charge in [0.2, 0.25) is 5.91 Å². The van der Waals surface area contributed by atoms with Gasteiger partial charge in [0.05, 0.1) is 16.8 Å². The molecule has 0 aliphatic heterocycles. The lowest BCUT2D eigenvalue weighted by molar-refractivity contribution is -0.125. The molecule has 4 rings (SSSR count). The fourth-order valence-electron chi connectivity index (χ4n) is 3.37. The van der Waals surface area contributed by atoms with E-state index in [0.717, 1.165) is 27.0 Å². The van der Waals surface area contributed by atoms with Crippen LogP contribution in [0.1, 0.15) is 12.8 Å². The number of benzene rings is 1. The number of carbonyl (C=O) groups is 2. The number of pyridine rings is 1. The van der Waals surface area contributed by atoms with Gasteiger partial charge in [-0.15, -0.1) is 0 Å². The number of nitrogens with zero attached hydrogens (tertiary/aromatic N) is 4. The molecular formula is C23H21N5O3. The highest BCUT2D eigenvalue weighted by Crippen LogP contribution is 2.33. The molecule has 4 aromatic rings. The molecule has 3 aromatic heterocycles. The lowest BCUT2D eigenvalue weighted by Gasteiger charge is -2.08. The number of hydrogen-bond acceptors (Lipinski definition) is 5. The normalized spacial score (nSPS) is 10.9. The summed E-state index contributed by atoms with van der Waals surface area (Å²) in [5.74, 6) is -0.459. The summed E-state index contributed by atoms with van der Waals surface area (Å²) in [5.41, 5.74) is 3.43. The van der Waals surface area contributed by atoms with E-state index in [-0.39, 0.29) is 36.6 Å². The molecule has 8 heteroatoms. The molecule has 0 bridgehead atoms. The Balaban J connectivity index is 1.75. The van der Waals surface area contributed by atoms with Crippen LogP contribution in [0, 0.1) is 0 Å². The van der Waals surface area contributed by atoms with Crippen LogP contribution in [0.2, 0.25) is 0 Å². The zero-order valence-corrected chi connectivity index (χ0v) is 17.0. The third-order valence-electron chi connectivity index (χ3n) is 4.95. The summed E-state index contributed by atoms with van der Waals surface area (Å²) in [5, 5.41) is 11.7. The SMILES string of the molecule is CNC(=O)CCC(=O)Cn1nc(-c2c(-c3ccccc3)nn3ccccc23)ccc1=O. The number of nitrogens with one attached hydrogen (secondary N) is 1. The van der Waals surface area contributed by atoms with Crippen LogP contribution in [0.4, 0.5) is 0 Å². The first-order valence-electron chi connectivity index (χ1n) is 9.90. The van der Waals surface area contributed by atoms with E-state index in [1.165, 1.54) is 13.1 Å². The van der Waals surface area contributed by atoms with Crippen molar-refractivity contribution in [2.24, 2.45) is 0 Å². The zero-order chi connectivity index (χ0) is 21.8. The maximum absolute atomic E-state index is 12.3. The second-order valence-electron chi connectivity index (χ2n) is 7.05. The fourth-order valence-corrected chi connectivity index (χ4v) is 3.37. The molecule has 0 saturated carbocycles. The summed E-state index contributed by atoms with van der Waals surface area (Å²) in [6, 6.07) is 18.5. The molecule has 1 amide bonds. The molecule has 0 saturated heterocycles. The first-order valence-corrected chi connectivity index (χ1v) is 9.90. The summed E-state index contributed by atoms with van der Waals surface area (Å²) in [7, 11) is 1.52. The van der Waals surface area contributed by atoms with Crippen LogP contribution in [0.15, 0.2) is 71.7 Å². The number of ketones is 1. The summed E-state index contributed by atoms with van der Waals surface area (Å²) < 4.78 is 2.91. The first-order chi connectivity index (χ1) is 15.1. The molecule has 0 unspecified atom stereocenters. The van der Waals surface area contributed by atoms with Gasteiger partial charge >= 0.3 is 0 Å². The van der Waals surface area contributed by atoms with Gasteiger partial charge in [-0.25, -0.2) is 9.20 Å². The smallest absolute Gasteiger partial charge is 0.267 e. The minimum atomic E-state index is -0.380. The van der Waals surface area contributed by atoms with Gasteiger partial charge in [-0.2, -0.15) is 10.2 Å². The van der Waals surface area contributed by atoms with Crippen LogP contribution in [0.5, 0.6) is 0 Å². The predicted octanol–water partition coefficient (Wildman–Crippen LogP) is 2.32. The number of aromatic nitrogens is 4. The van der Waals surface area contributed by atoms with Gasteiger partial charge in [-0.05, 0) is 18.2 Å². The first kappa shape index (κ1) is 20.2. The van der Waals surface area contributed by atoms with E-state index in [1.54, 1.807) is 10.6 Å². The molecule has 0 aliphatic rings. The van der Waals surface area contributed by atoms with Crippen molar-refractivity contribution >= 4 is 17.2 Å². The highest BCUT2D eigenvalue weighted by Gasteiger charge is 2.18. The Morgan fingerprint density at radius 2 is 1.71 bits per heavy atom. The molecule has 31 heavy (non-hydrogen) atoms. The number of rotatable bonds is 7. The molecule has 1 N–H and O–H groups in total. The van der Waals surface area contributed by atoms with Gasteiger partial charge in [0.1, 0.15) is 12.2 Å². The molecular weight excluding hydrogens is 394 g/mol. The fraction of sp³-hybridized carbons (Fsp3) is 0.174. The topological polar surface area (TPSA) is 98.4 Å². The Kier molecular flexibility index (Phi) is 5.70.